The summed E-state index contributed by atoms with van der Waals surface area (Å²) in [5.74, 6) is 1.00. The standard InChI is InChI=1S/C19H28N2O2/c1-18-8-2-10-21-16(18)6-3-12-13(18)7-9-19(11-22)14(12)4-5-15(19)17(20)23/h6,11-15,21H,2-5,7-10H2,1H3,(H2,20,23)/t12-,13+,14+,15-,18-,19-/m1/s1. The predicted molar refractivity (Wildman–Crippen MR) is 88.2 cm³/mol. The van der Waals surface area contributed by atoms with Crippen LogP contribution in [0.4, 0.5) is 0 Å². The van der Waals surface area contributed by atoms with Gasteiger partial charge in [-0.1, -0.05) is 13.0 Å². The summed E-state index contributed by atoms with van der Waals surface area (Å²) < 4.78 is 0. The van der Waals surface area contributed by atoms with E-state index in [1.165, 1.54) is 18.5 Å². The fraction of sp³-hybridized carbons (Fsp3) is 0.789. The van der Waals surface area contributed by atoms with Crippen LogP contribution >= 0.6 is 0 Å². The zero-order valence-corrected chi connectivity index (χ0v) is 14.0. The van der Waals surface area contributed by atoms with Crippen molar-refractivity contribution in [1.82, 2.24) is 5.32 Å². The van der Waals surface area contributed by atoms with Crippen LogP contribution in [0.5, 0.6) is 0 Å². The second kappa shape index (κ2) is 5.09. The number of aldehydes is 1. The number of nitrogens with two attached hydrogens (primary N) is 1. The van der Waals surface area contributed by atoms with E-state index in [9.17, 15) is 9.59 Å². The maximum Gasteiger partial charge on any atom is 0.221 e. The van der Waals surface area contributed by atoms with Gasteiger partial charge in [0.05, 0.1) is 5.92 Å². The molecule has 0 aromatic heterocycles. The molecule has 23 heavy (non-hydrogen) atoms. The Morgan fingerprint density at radius 1 is 1.30 bits per heavy atom. The van der Waals surface area contributed by atoms with E-state index >= 15 is 0 Å². The van der Waals surface area contributed by atoms with Crippen molar-refractivity contribution in [3.05, 3.63) is 11.8 Å². The Hall–Kier alpha value is -1.32. The first kappa shape index (κ1) is 15.2. The van der Waals surface area contributed by atoms with Gasteiger partial charge in [-0.2, -0.15) is 0 Å². The first-order valence-corrected chi connectivity index (χ1v) is 9.23. The van der Waals surface area contributed by atoms with Crippen molar-refractivity contribution < 1.29 is 9.59 Å². The molecule has 4 nitrogen and oxygen atoms in total. The van der Waals surface area contributed by atoms with Gasteiger partial charge < -0.3 is 15.8 Å². The van der Waals surface area contributed by atoms with Crippen molar-refractivity contribution >= 4 is 12.2 Å². The number of primary amides is 1. The van der Waals surface area contributed by atoms with Gasteiger partial charge in [-0.25, -0.2) is 0 Å². The van der Waals surface area contributed by atoms with Crippen molar-refractivity contribution in [2.75, 3.05) is 6.54 Å². The van der Waals surface area contributed by atoms with E-state index in [2.05, 4.69) is 18.3 Å². The lowest BCUT2D eigenvalue weighted by atomic mass is 9.49. The average molecular weight is 316 g/mol. The first-order valence-electron chi connectivity index (χ1n) is 9.23. The predicted octanol–water partition coefficient (Wildman–Crippen LogP) is 2.39. The second-order valence-electron chi connectivity index (χ2n) is 8.48. The lowest BCUT2D eigenvalue weighted by Gasteiger charge is -2.56. The molecule has 126 valence electrons. The third-order valence-corrected chi connectivity index (χ3v) is 7.81. The molecule has 0 unspecified atom stereocenters. The van der Waals surface area contributed by atoms with Gasteiger partial charge in [0, 0.05) is 23.1 Å². The molecule has 1 saturated heterocycles. The number of amides is 1. The maximum absolute atomic E-state index is 12.1. The van der Waals surface area contributed by atoms with Crippen LogP contribution in [0.1, 0.15) is 51.9 Å². The number of rotatable bonds is 2. The van der Waals surface area contributed by atoms with Crippen LogP contribution in [0.25, 0.3) is 0 Å². The fourth-order valence-corrected chi connectivity index (χ4v) is 6.73. The van der Waals surface area contributed by atoms with E-state index < -0.39 is 5.41 Å². The number of carbonyl (C=O) groups is 2. The highest BCUT2D eigenvalue weighted by Gasteiger charge is 2.61. The number of nitrogens with one attached hydrogen (secondary N) is 1. The van der Waals surface area contributed by atoms with Crippen LogP contribution in [0, 0.1) is 34.5 Å². The van der Waals surface area contributed by atoms with Crippen LogP contribution in [0.3, 0.4) is 0 Å². The average Bonchev–Trinajstić information content (AvgIpc) is 2.94. The molecule has 0 aromatic rings. The molecule has 4 rings (SSSR count). The third kappa shape index (κ3) is 1.90. The summed E-state index contributed by atoms with van der Waals surface area (Å²) in [5.41, 5.74) is 6.85. The molecule has 6 atom stereocenters. The number of piperidine rings is 1. The third-order valence-electron chi connectivity index (χ3n) is 7.81. The zero-order chi connectivity index (χ0) is 16.2. The molecule has 0 bridgehead atoms. The molecule has 2 saturated carbocycles. The van der Waals surface area contributed by atoms with Crippen LogP contribution in [0.2, 0.25) is 0 Å². The van der Waals surface area contributed by atoms with Gasteiger partial charge in [-0.3, -0.25) is 4.79 Å². The number of allylic oxidation sites excluding steroid dienone is 2. The number of carbonyl (C=O) groups excluding carboxylic acids is 2. The summed E-state index contributed by atoms with van der Waals surface area (Å²) in [6, 6.07) is 0. The van der Waals surface area contributed by atoms with Crippen molar-refractivity contribution in [2.24, 2.45) is 40.2 Å². The Morgan fingerprint density at radius 2 is 2.13 bits per heavy atom. The number of hydrogen-bond donors (Lipinski definition) is 2. The van der Waals surface area contributed by atoms with Gasteiger partial charge in [-0.05, 0) is 62.7 Å². The van der Waals surface area contributed by atoms with Gasteiger partial charge in [0.25, 0.3) is 0 Å². The van der Waals surface area contributed by atoms with Crippen molar-refractivity contribution in [1.29, 1.82) is 0 Å². The molecule has 0 aromatic carbocycles. The minimum atomic E-state index is -0.475. The van der Waals surface area contributed by atoms with E-state index in [1.54, 1.807) is 0 Å². The highest BCUT2D eigenvalue weighted by atomic mass is 16.1. The Kier molecular flexibility index (Phi) is 3.37. The number of fused-ring (bicyclic) bond motifs is 5. The highest BCUT2D eigenvalue weighted by molar-refractivity contribution is 5.83. The molecule has 1 aliphatic heterocycles. The lowest BCUT2D eigenvalue weighted by Crippen LogP contribution is -2.54. The summed E-state index contributed by atoms with van der Waals surface area (Å²) in [7, 11) is 0. The van der Waals surface area contributed by atoms with E-state index in [0.29, 0.717) is 17.8 Å². The summed E-state index contributed by atoms with van der Waals surface area (Å²) in [5, 5.41) is 3.62. The molecule has 1 amide bonds. The maximum atomic E-state index is 12.1. The second-order valence-corrected chi connectivity index (χ2v) is 8.48. The Bertz CT molecular complexity index is 572. The molecule has 3 fully saturated rings. The molecule has 0 radical (unpaired) electrons. The highest BCUT2D eigenvalue weighted by Crippen LogP contribution is 2.64. The summed E-state index contributed by atoms with van der Waals surface area (Å²) >= 11 is 0. The van der Waals surface area contributed by atoms with E-state index in [-0.39, 0.29) is 17.2 Å². The van der Waals surface area contributed by atoms with Crippen LogP contribution in [0.15, 0.2) is 11.8 Å². The molecular formula is C19H28N2O2. The van der Waals surface area contributed by atoms with Crippen molar-refractivity contribution in [2.45, 2.75) is 51.9 Å². The van der Waals surface area contributed by atoms with E-state index in [4.69, 9.17) is 5.73 Å². The van der Waals surface area contributed by atoms with Gasteiger partial charge in [-0.15, -0.1) is 0 Å². The first-order chi connectivity index (χ1) is 11.0. The van der Waals surface area contributed by atoms with Crippen molar-refractivity contribution in [3.63, 3.8) is 0 Å². The SMILES string of the molecule is C[C@]12CCCNC1=CC[C@H]1[C@@H]3CC[C@H](C(N)=O)[C@@]3(C=O)CC[C@@H]12. The Morgan fingerprint density at radius 3 is 2.87 bits per heavy atom. The molecule has 1 heterocycles. The topological polar surface area (TPSA) is 72.2 Å². The van der Waals surface area contributed by atoms with Crippen LogP contribution in [-0.4, -0.2) is 18.7 Å². The minimum absolute atomic E-state index is 0.237. The molecule has 3 aliphatic carbocycles. The van der Waals surface area contributed by atoms with Crippen LogP contribution in [-0.2, 0) is 9.59 Å². The van der Waals surface area contributed by atoms with Crippen molar-refractivity contribution in [3.8, 4) is 0 Å². The molecule has 0 spiro atoms. The monoisotopic (exact) mass is 316 g/mol. The number of hydrogen-bond acceptors (Lipinski definition) is 3. The van der Waals surface area contributed by atoms with Crippen LogP contribution < -0.4 is 11.1 Å². The fourth-order valence-electron chi connectivity index (χ4n) is 6.73. The summed E-state index contributed by atoms with van der Waals surface area (Å²) in [6.45, 7) is 3.50. The van der Waals surface area contributed by atoms with E-state index in [1.807, 2.05) is 0 Å². The molecular weight excluding hydrogens is 288 g/mol. The Balaban J connectivity index is 1.71. The zero-order valence-electron chi connectivity index (χ0n) is 14.0. The van der Waals surface area contributed by atoms with E-state index in [0.717, 1.165) is 44.9 Å². The van der Waals surface area contributed by atoms with Gasteiger partial charge in [0.1, 0.15) is 6.29 Å². The normalized spacial score (nSPS) is 48.3. The largest absolute Gasteiger partial charge is 0.388 e. The molecule has 4 heteroatoms. The smallest absolute Gasteiger partial charge is 0.221 e. The molecule has 3 N–H and O–H groups in total. The molecule has 4 aliphatic rings. The van der Waals surface area contributed by atoms with Gasteiger partial charge in [0.2, 0.25) is 5.91 Å². The summed E-state index contributed by atoms with van der Waals surface area (Å²) in [6.07, 6.45) is 10.7. The minimum Gasteiger partial charge on any atom is -0.388 e. The van der Waals surface area contributed by atoms with Gasteiger partial charge in [0.15, 0.2) is 0 Å². The van der Waals surface area contributed by atoms with Gasteiger partial charge >= 0.3 is 0 Å². The summed E-state index contributed by atoms with van der Waals surface area (Å²) in [4.78, 5) is 24.0. The Labute approximate surface area is 138 Å². The quantitative estimate of drug-likeness (QED) is 0.768. The lowest BCUT2D eigenvalue weighted by molar-refractivity contribution is -0.139.